The monoisotopic (exact) mass is 392 g/mol. The van der Waals surface area contributed by atoms with Crippen molar-refractivity contribution in [1.29, 1.82) is 0 Å². The number of aromatic nitrogens is 1. The number of fused-ring (bicyclic) bond motifs is 1. The Kier molecular flexibility index (Phi) is 6.44. The predicted molar refractivity (Wildman–Crippen MR) is 111 cm³/mol. The molecule has 1 atom stereocenters. The third-order valence-corrected chi connectivity index (χ3v) is 4.97. The first kappa shape index (κ1) is 20.3. The maximum Gasteiger partial charge on any atom is 0.306 e. The van der Waals surface area contributed by atoms with Crippen LogP contribution in [-0.2, 0) is 17.8 Å². The average Bonchev–Trinajstić information content (AvgIpc) is 2.75. The molecule has 0 aliphatic heterocycles. The summed E-state index contributed by atoms with van der Waals surface area (Å²) < 4.78 is 5.40. The van der Waals surface area contributed by atoms with Gasteiger partial charge in [0.1, 0.15) is 5.75 Å². The van der Waals surface area contributed by atoms with Gasteiger partial charge < -0.3 is 15.2 Å². The molecule has 3 rings (SSSR count). The quantitative estimate of drug-likeness (QED) is 0.608. The summed E-state index contributed by atoms with van der Waals surface area (Å²) in [6.07, 6.45) is 2.72. The van der Waals surface area contributed by atoms with Crippen molar-refractivity contribution in [3.63, 3.8) is 0 Å². The Hall–Kier alpha value is -3.41. The molecule has 1 amide bonds. The van der Waals surface area contributed by atoms with E-state index in [1.165, 1.54) is 0 Å². The third kappa shape index (κ3) is 4.90. The van der Waals surface area contributed by atoms with Gasteiger partial charge in [-0.15, -0.1) is 0 Å². The van der Waals surface area contributed by atoms with E-state index < -0.39 is 11.9 Å². The van der Waals surface area contributed by atoms with Gasteiger partial charge in [0, 0.05) is 29.3 Å². The van der Waals surface area contributed by atoms with Crippen LogP contribution in [0.2, 0.25) is 0 Å². The van der Waals surface area contributed by atoms with Gasteiger partial charge in [-0.25, -0.2) is 0 Å². The van der Waals surface area contributed by atoms with E-state index in [0.29, 0.717) is 24.2 Å². The fourth-order valence-corrected chi connectivity index (χ4v) is 3.28. The highest BCUT2D eigenvalue weighted by Gasteiger charge is 2.17. The van der Waals surface area contributed by atoms with Crippen molar-refractivity contribution in [3.05, 3.63) is 71.4 Å². The van der Waals surface area contributed by atoms with Gasteiger partial charge in [-0.1, -0.05) is 25.1 Å². The molecule has 0 aliphatic carbocycles. The zero-order chi connectivity index (χ0) is 20.8. The van der Waals surface area contributed by atoms with Crippen molar-refractivity contribution in [2.75, 3.05) is 7.11 Å². The van der Waals surface area contributed by atoms with Gasteiger partial charge in [-0.05, 0) is 48.7 Å². The lowest BCUT2D eigenvalue weighted by Gasteiger charge is -2.14. The molecule has 0 saturated carbocycles. The largest absolute Gasteiger partial charge is 0.496 e. The van der Waals surface area contributed by atoms with E-state index in [9.17, 15) is 14.7 Å². The number of carboxylic acid groups (broad SMARTS) is 1. The Morgan fingerprint density at radius 2 is 2.00 bits per heavy atom. The lowest BCUT2D eigenvalue weighted by atomic mass is 9.95. The van der Waals surface area contributed by atoms with Crippen LogP contribution in [-0.4, -0.2) is 29.1 Å². The van der Waals surface area contributed by atoms with E-state index in [1.807, 2.05) is 49.4 Å². The van der Waals surface area contributed by atoms with Crippen LogP contribution in [0.4, 0.5) is 0 Å². The Morgan fingerprint density at radius 1 is 1.17 bits per heavy atom. The van der Waals surface area contributed by atoms with Gasteiger partial charge in [0.25, 0.3) is 5.91 Å². The molecule has 3 aromatic rings. The van der Waals surface area contributed by atoms with E-state index in [2.05, 4.69) is 10.3 Å². The molecule has 2 aromatic carbocycles. The molecule has 29 heavy (non-hydrogen) atoms. The minimum Gasteiger partial charge on any atom is -0.496 e. The fourth-order valence-electron chi connectivity index (χ4n) is 3.28. The number of carbonyl (C=O) groups excluding carboxylic acids is 1. The van der Waals surface area contributed by atoms with Crippen LogP contribution in [0, 0.1) is 5.92 Å². The summed E-state index contributed by atoms with van der Waals surface area (Å²) in [5.41, 5.74) is 3.10. The Labute approximate surface area is 169 Å². The zero-order valence-corrected chi connectivity index (χ0v) is 16.5. The first-order chi connectivity index (χ1) is 14.0. The van der Waals surface area contributed by atoms with Crippen LogP contribution in [0.1, 0.15) is 34.8 Å². The molecule has 6 nitrogen and oxygen atoms in total. The van der Waals surface area contributed by atoms with Crippen molar-refractivity contribution in [3.8, 4) is 5.75 Å². The number of amides is 1. The number of carboxylic acids is 1. The second kappa shape index (κ2) is 9.19. The summed E-state index contributed by atoms with van der Waals surface area (Å²) in [7, 11) is 1.57. The van der Waals surface area contributed by atoms with Gasteiger partial charge >= 0.3 is 5.97 Å². The number of nitrogens with one attached hydrogen (secondary N) is 1. The van der Waals surface area contributed by atoms with Gasteiger partial charge in [0.05, 0.1) is 18.5 Å². The van der Waals surface area contributed by atoms with E-state index in [4.69, 9.17) is 4.74 Å². The highest BCUT2D eigenvalue weighted by molar-refractivity contribution is 5.97. The number of aliphatic carboxylic acids is 1. The first-order valence-electron chi connectivity index (χ1n) is 9.53. The molecule has 0 fully saturated rings. The summed E-state index contributed by atoms with van der Waals surface area (Å²) in [5, 5.41) is 13.1. The second-order valence-corrected chi connectivity index (χ2v) is 6.89. The highest BCUT2D eigenvalue weighted by Crippen LogP contribution is 2.23. The van der Waals surface area contributed by atoms with Crippen molar-refractivity contribution >= 4 is 22.8 Å². The standard InChI is InChI=1S/C23H24N2O4/c1-3-16(23(27)28)11-15-6-9-21(29-2)19(12-15)14-25-22(26)18-7-8-20-17(13-18)5-4-10-24-20/h4-10,12-13,16H,3,11,14H2,1-2H3,(H,25,26)(H,27,28). The van der Waals surface area contributed by atoms with E-state index in [0.717, 1.165) is 22.0 Å². The van der Waals surface area contributed by atoms with Crippen LogP contribution >= 0.6 is 0 Å². The number of hydrogen-bond donors (Lipinski definition) is 2. The number of methoxy groups -OCH3 is 1. The third-order valence-electron chi connectivity index (χ3n) is 4.97. The Balaban J connectivity index is 1.74. The van der Waals surface area contributed by atoms with Gasteiger partial charge in [-0.3, -0.25) is 14.6 Å². The van der Waals surface area contributed by atoms with Crippen molar-refractivity contribution in [2.24, 2.45) is 5.92 Å². The van der Waals surface area contributed by atoms with Gasteiger partial charge in [0.15, 0.2) is 0 Å². The molecule has 0 bridgehead atoms. The van der Waals surface area contributed by atoms with Crippen LogP contribution in [0.3, 0.4) is 0 Å². The maximum atomic E-state index is 12.6. The molecule has 150 valence electrons. The maximum absolute atomic E-state index is 12.6. The van der Waals surface area contributed by atoms with E-state index in [1.54, 1.807) is 19.4 Å². The second-order valence-electron chi connectivity index (χ2n) is 6.89. The van der Waals surface area contributed by atoms with Crippen LogP contribution in [0.25, 0.3) is 10.9 Å². The van der Waals surface area contributed by atoms with Crippen molar-refractivity contribution in [1.82, 2.24) is 10.3 Å². The molecule has 0 saturated heterocycles. The number of ether oxygens (including phenoxy) is 1. The first-order valence-corrected chi connectivity index (χ1v) is 9.53. The fraction of sp³-hybridized carbons (Fsp3) is 0.261. The highest BCUT2D eigenvalue weighted by atomic mass is 16.5. The van der Waals surface area contributed by atoms with Gasteiger partial charge in [0.2, 0.25) is 0 Å². The number of carbonyl (C=O) groups is 2. The van der Waals surface area contributed by atoms with E-state index in [-0.39, 0.29) is 12.5 Å². The van der Waals surface area contributed by atoms with Gasteiger partial charge in [-0.2, -0.15) is 0 Å². The molecule has 0 radical (unpaired) electrons. The molecule has 1 aromatic heterocycles. The van der Waals surface area contributed by atoms with Crippen LogP contribution in [0.5, 0.6) is 5.75 Å². The van der Waals surface area contributed by atoms with Crippen molar-refractivity contribution in [2.45, 2.75) is 26.3 Å². The molecule has 0 aliphatic rings. The Morgan fingerprint density at radius 3 is 2.72 bits per heavy atom. The number of hydrogen-bond acceptors (Lipinski definition) is 4. The normalized spacial score (nSPS) is 11.8. The number of rotatable bonds is 8. The summed E-state index contributed by atoms with van der Waals surface area (Å²) in [4.78, 5) is 28.2. The lowest BCUT2D eigenvalue weighted by Crippen LogP contribution is -2.23. The molecule has 1 unspecified atom stereocenters. The SMILES string of the molecule is CCC(Cc1ccc(OC)c(CNC(=O)c2ccc3ncccc3c2)c1)C(=O)O. The number of nitrogens with zero attached hydrogens (tertiary/aromatic N) is 1. The minimum absolute atomic E-state index is 0.194. The summed E-state index contributed by atoms with van der Waals surface area (Å²) >= 11 is 0. The van der Waals surface area contributed by atoms with Crippen LogP contribution in [0.15, 0.2) is 54.7 Å². The molecule has 0 spiro atoms. The molecule has 6 heteroatoms. The molecular formula is C23H24N2O4. The summed E-state index contributed by atoms with van der Waals surface area (Å²) in [5.74, 6) is -0.777. The number of benzene rings is 2. The molecule has 2 N–H and O–H groups in total. The lowest BCUT2D eigenvalue weighted by molar-refractivity contribution is -0.141. The zero-order valence-electron chi connectivity index (χ0n) is 16.5. The smallest absolute Gasteiger partial charge is 0.306 e. The molecule has 1 heterocycles. The predicted octanol–water partition coefficient (Wildman–Crippen LogP) is 3.83. The topological polar surface area (TPSA) is 88.5 Å². The van der Waals surface area contributed by atoms with Crippen LogP contribution < -0.4 is 10.1 Å². The average molecular weight is 392 g/mol. The Bertz CT molecular complexity index is 1030. The number of pyridine rings is 1. The summed E-state index contributed by atoms with van der Waals surface area (Å²) in [6.45, 7) is 2.15. The summed E-state index contributed by atoms with van der Waals surface area (Å²) in [6, 6.07) is 14.7. The van der Waals surface area contributed by atoms with E-state index >= 15 is 0 Å². The minimum atomic E-state index is -0.802. The molecular weight excluding hydrogens is 368 g/mol. The van der Waals surface area contributed by atoms with Crippen molar-refractivity contribution < 1.29 is 19.4 Å².